The topological polar surface area (TPSA) is 35.0 Å². The van der Waals surface area contributed by atoms with E-state index in [9.17, 15) is 0 Å². The van der Waals surface area contributed by atoms with Crippen LogP contribution in [-0.2, 0) is 0 Å². The van der Waals surface area contributed by atoms with Crippen LogP contribution in [0.25, 0.3) is 11.4 Å². The number of methoxy groups -OCH3 is 1. The monoisotopic (exact) mass is 196 g/mol. The molecule has 0 atom stereocenters. The molecular weight excluding hydrogens is 187 g/mol. The lowest BCUT2D eigenvalue weighted by Crippen LogP contribution is -2.09. The summed E-state index contributed by atoms with van der Waals surface area (Å²) in [5.74, 6) is 0.683. The molecule has 0 aliphatic heterocycles. The summed E-state index contributed by atoms with van der Waals surface area (Å²) >= 11 is 0. The van der Waals surface area contributed by atoms with E-state index in [0.717, 1.165) is 5.69 Å². The van der Waals surface area contributed by atoms with Crippen molar-refractivity contribution in [2.75, 3.05) is 7.11 Å². The van der Waals surface area contributed by atoms with Gasteiger partial charge in [0.05, 0.1) is 18.5 Å². The van der Waals surface area contributed by atoms with E-state index in [1.54, 1.807) is 25.4 Å². The molecule has 0 aliphatic rings. The second-order valence-corrected chi connectivity index (χ2v) is 3.03. The Morgan fingerprint density at radius 3 is 2.73 bits per heavy atom. The van der Waals surface area contributed by atoms with Crippen LogP contribution in [-0.4, -0.2) is 24.9 Å². The molecule has 2 heterocycles. The minimum atomic E-state index is 0.426. The van der Waals surface area contributed by atoms with Crippen molar-refractivity contribution in [1.82, 2.24) is 9.97 Å². The second-order valence-electron chi connectivity index (χ2n) is 3.03. The molecule has 2 aromatic rings. The maximum Gasteiger partial charge on any atom is 0.141 e. The Kier molecular flexibility index (Phi) is 2.67. The van der Waals surface area contributed by atoms with Gasteiger partial charge in [-0.2, -0.15) is 0 Å². The number of hydrogen-bond acceptors (Lipinski definition) is 3. The highest BCUT2D eigenvalue weighted by Gasteiger charge is 2.03. The fourth-order valence-corrected chi connectivity index (χ4v) is 1.29. The molecule has 0 amide bonds. The van der Waals surface area contributed by atoms with Gasteiger partial charge in [-0.25, -0.2) is 0 Å². The van der Waals surface area contributed by atoms with Crippen LogP contribution in [0.1, 0.15) is 0 Å². The van der Waals surface area contributed by atoms with Gasteiger partial charge in [0.25, 0.3) is 0 Å². The SMILES string of the molecule is [B]c1cc(OC)cc(-c2ccccn2)n1. The predicted molar refractivity (Wildman–Crippen MR) is 59.4 cm³/mol. The average Bonchev–Trinajstić information content (AvgIpc) is 2.29. The molecule has 15 heavy (non-hydrogen) atoms. The molecule has 2 radical (unpaired) electrons. The highest BCUT2D eigenvalue weighted by molar-refractivity contribution is 6.30. The van der Waals surface area contributed by atoms with Gasteiger partial charge in [-0.15, -0.1) is 0 Å². The molecule has 2 rings (SSSR count). The Bertz CT molecular complexity index is 459. The summed E-state index contributed by atoms with van der Waals surface area (Å²) in [5, 5.41) is 0. The van der Waals surface area contributed by atoms with E-state index in [1.807, 2.05) is 18.2 Å². The van der Waals surface area contributed by atoms with Crippen molar-refractivity contribution in [2.24, 2.45) is 0 Å². The number of hydrogen-bond donors (Lipinski definition) is 0. The molecule has 72 valence electrons. The van der Waals surface area contributed by atoms with Gasteiger partial charge in [0, 0.05) is 12.3 Å². The van der Waals surface area contributed by atoms with Crippen molar-refractivity contribution in [3.63, 3.8) is 0 Å². The normalized spacial score (nSPS) is 9.93. The molecule has 0 aromatic carbocycles. The van der Waals surface area contributed by atoms with E-state index in [0.29, 0.717) is 17.0 Å². The Morgan fingerprint density at radius 1 is 1.20 bits per heavy atom. The van der Waals surface area contributed by atoms with Gasteiger partial charge in [-0.3, -0.25) is 9.97 Å². The van der Waals surface area contributed by atoms with Gasteiger partial charge in [0.2, 0.25) is 0 Å². The smallest absolute Gasteiger partial charge is 0.141 e. The van der Waals surface area contributed by atoms with Crippen LogP contribution in [0.2, 0.25) is 0 Å². The quantitative estimate of drug-likeness (QED) is 0.670. The van der Waals surface area contributed by atoms with Gasteiger partial charge >= 0.3 is 0 Å². The Labute approximate surface area is 89.6 Å². The maximum atomic E-state index is 5.65. The first kappa shape index (κ1) is 9.71. The zero-order valence-corrected chi connectivity index (χ0v) is 8.34. The van der Waals surface area contributed by atoms with E-state index in [1.165, 1.54) is 0 Å². The Balaban J connectivity index is 2.49. The summed E-state index contributed by atoms with van der Waals surface area (Å²) in [5.41, 5.74) is 1.92. The summed E-state index contributed by atoms with van der Waals surface area (Å²) in [4.78, 5) is 8.38. The van der Waals surface area contributed by atoms with Crippen LogP contribution in [0.3, 0.4) is 0 Å². The Morgan fingerprint density at radius 2 is 2.07 bits per heavy atom. The molecule has 2 aromatic heterocycles. The molecule has 0 aliphatic carbocycles. The molecule has 0 unspecified atom stereocenters. The number of aromatic nitrogens is 2. The van der Waals surface area contributed by atoms with Crippen LogP contribution < -0.4 is 10.3 Å². The van der Waals surface area contributed by atoms with E-state index in [-0.39, 0.29) is 0 Å². The zero-order valence-electron chi connectivity index (χ0n) is 8.34. The molecule has 0 saturated carbocycles. The van der Waals surface area contributed by atoms with Crippen LogP contribution in [0, 0.1) is 0 Å². The predicted octanol–water partition coefficient (Wildman–Crippen LogP) is 0.946. The van der Waals surface area contributed by atoms with Crippen LogP contribution in [0.15, 0.2) is 36.5 Å². The minimum Gasteiger partial charge on any atom is -0.497 e. The number of ether oxygens (including phenoxy) is 1. The molecule has 0 fully saturated rings. The third-order valence-electron chi connectivity index (χ3n) is 1.98. The van der Waals surface area contributed by atoms with Crippen LogP contribution in [0.5, 0.6) is 5.75 Å². The minimum absolute atomic E-state index is 0.426. The fourth-order valence-electron chi connectivity index (χ4n) is 1.29. The average molecular weight is 196 g/mol. The first-order chi connectivity index (χ1) is 7.29. The molecule has 4 heteroatoms. The summed E-state index contributed by atoms with van der Waals surface area (Å²) in [6.07, 6.45) is 1.71. The standard InChI is InChI=1S/C11H9BN2O/c1-15-8-6-10(14-11(12)7-8)9-4-2-3-5-13-9/h2-7H,1H3. The summed E-state index contributed by atoms with van der Waals surface area (Å²) in [7, 11) is 7.25. The van der Waals surface area contributed by atoms with Gasteiger partial charge < -0.3 is 4.74 Å². The van der Waals surface area contributed by atoms with Gasteiger partial charge in [-0.05, 0) is 23.8 Å². The lowest BCUT2D eigenvalue weighted by Gasteiger charge is -2.05. The largest absolute Gasteiger partial charge is 0.497 e. The molecule has 3 nitrogen and oxygen atoms in total. The lowest BCUT2D eigenvalue weighted by molar-refractivity contribution is 0.415. The van der Waals surface area contributed by atoms with E-state index >= 15 is 0 Å². The summed E-state index contributed by atoms with van der Waals surface area (Å²) in [6, 6.07) is 9.11. The number of rotatable bonds is 2. The van der Waals surface area contributed by atoms with Crippen molar-refractivity contribution < 1.29 is 4.74 Å². The fraction of sp³-hybridized carbons (Fsp3) is 0.0909. The molecule has 0 N–H and O–H groups in total. The first-order valence-electron chi connectivity index (χ1n) is 4.52. The summed E-state index contributed by atoms with van der Waals surface area (Å²) < 4.78 is 5.11. The molecule has 0 saturated heterocycles. The molecule has 0 spiro atoms. The first-order valence-corrected chi connectivity index (χ1v) is 4.52. The highest BCUT2D eigenvalue weighted by atomic mass is 16.5. The third kappa shape index (κ3) is 2.15. The van der Waals surface area contributed by atoms with Crippen molar-refractivity contribution in [1.29, 1.82) is 0 Å². The Hall–Kier alpha value is -1.84. The van der Waals surface area contributed by atoms with E-state index < -0.39 is 0 Å². The third-order valence-corrected chi connectivity index (χ3v) is 1.98. The van der Waals surface area contributed by atoms with Crippen molar-refractivity contribution >= 4 is 13.4 Å². The second kappa shape index (κ2) is 4.13. The van der Waals surface area contributed by atoms with E-state index in [4.69, 9.17) is 12.6 Å². The highest BCUT2D eigenvalue weighted by Crippen LogP contribution is 2.17. The number of pyridine rings is 2. The van der Waals surface area contributed by atoms with Crippen LogP contribution >= 0.6 is 0 Å². The van der Waals surface area contributed by atoms with Gasteiger partial charge in [-0.1, -0.05) is 6.07 Å². The van der Waals surface area contributed by atoms with Crippen molar-refractivity contribution in [2.45, 2.75) is 0 Å². The maximum absolute atomic E-state index is 5.65. The van der Waals surface area contributed by atoms with Crippen molar-refractivity contribution in [3.8, 4) is 17.1 Å². The van der Waals surface area contributed by atoms with E-state index in [2.05, 4.69) is 9.97 Å². The zero-order chi connectivity index (χ0) is 10.7. The van der Waals surface area contributed by atoms with Gasteiger partial charge in [0.15, 0.2) is 0 Å². The van der Waals surface area contributed by atoms with Crippen molar-refractivity contribution in [3.05, 3.63) is 36.5 Å². The molecule has 0 bridgehead atoms. The number of nitrogens with zero attached hydrogens (tertiary/aromatic N) is 2. The van der Waals surface area contributed by atoms with Gasteiger partial charge in [0.1, 0.15) is 13.6 Å². The lowest BCUT2D eigenvalue weighted by atomic mass is 10.0. The summed E-state index contributed by atoms with van der Waals surface area (Å²) in [6.45, 7) is 0. The molecular formula is C11H9BN2O. The van der Waals surface area contributed by atoms with Crippen LogP contribution in [0.4, 0.5) is 0 Å².